The third-order valence-corrected chi connectivity index (χ3v) is 9.38. The van der Waals surface area contributed by atoms with E-state index in [2.05, 4.69) is 179 Å². The standard InChI is InChI=1S/C47H38.C2H6/c1-5-33(28-34(6-2)43-20-12-17-38-15-10-11-19-44(38)43)32(4)46-31-42-18-13-21-45(47(42)30-35(46)7-3)39-25-22-37(23-26-39)41-27-24-36-14-8-9-16-40(36)29-41;1-2/h6-31H,3-5H2,1-2H3;1-2H3/b33-28+,34-6+;. The number of fused-ring (bicyclic) bond motifs is 3. The molecule has 0 atom stereocenters. The van der Waals surface area contributed by atoms with E-state index in [-0.39, 0.29) is 0 Å². The van der Waals surface area contributed by atoms with Crippen molar-refractivity contribution < 1.29 is 0 Å². The molecule has 0 radical (unpaired) electrons. The maximum absolute atomic E-state index is 4.65. The van der Waals surface area contributed by atoms with Gasteiger partial charge in [-0.15, -0.1) is 0 Å². The van der Waals surface area contributed by atoms with Crippen LogP contribution < -0.4 is 0 Å². The molecule has 0 aliphatic rings. The van der Waals surface area contributed by atoms with Gasteiger partial charge in [-0.2, -0.15) is 0 Å². The maximum atomic E-state index is 4.65. The Morgan fingerprint density at radius 1 is 0.571 bits per heavy atom. The predicted octanol–water partition coefficient (Wildman–Crippen LogP) is 14.6. The molecule has 0 fully saturated rings. The summed E-state index contributed by atoms with van der Waals surface area (Å²) in [7, 11) is 0. The van der Waals surface area contributed by atoms with Gasteiger partial charge in [-0.1, -0.05) is 173 Å². The van der Waals surface area contributed by atoms with E-state index < -0.39 is 0 Å². The van der Waals surface area contributed by atoms with Gasteiger partial charge >= 0.3 is 0 Å². The number of hydrogen-bond donors (Lipinski definition) is 0. The van der Waals surface area contributed by atoms with Crippen LogP contribution in [0.5, 0.6) is 0 Å². The zero-order valence-electron chi connectivity index (χ0n) is 29.1. The van der Waals surface area contributed by atoms with Crippen LogP contribution in [-0.4, -0.2) is 0 Å². The fraction of sp³-hybridized carbons (Fsp3) is 0.102. The van der Waals surface area contributed by atoms with Gasteiger partial charge in [0, 0.05) is 0 Å². The summed E-state index contributed by atoms with van der Waals surface area (Å²) in [5, 5.41) is 7.43. The second kappa shape index (κ2) is 15.0. The van der Waals surface area contributed by atoms with Gasteiger partial charge in [-0.05, 0) is 120 Å². The lowest BCUT2D eigenvalue weighted by molar-refractivity contribution is 1.16. The van der Waals surface area contributed by atoms with Crippen LogP contribution in [0.2, 0.25) is 0 Å². The molecule has 0 heteroatoms. The molecule has 0 unspecified atom stereocenters. The quantitative estimate of drug-likeness (QED) is 0.146. The van der Waals surface area contributed by atoms with Crippen molar-refractivity contribution in [3.05, 3.63) is 187 Å². The SMILES string of the molecule is C=Cc1cc2c(-c3ccc(-c4ccc5ccccc5c4)cc3)cccc2cc1C(=C)/C(=C/C(=C\C)c1cccc2ccccc12)CC.CC. The molecule has 0 aromatic heterocycles. The molecule has 0 aliphatic carbocycles. The van der Waals surface area contributed by atoms with Crippen molar-refractivity contribution in [1.29, 1.82) is 0 Å². The van der Waals surface area contributed by atoms with E-state index in [1.807, 2.05) is 19.9 Å². The van der Waals surface area contributed by atoms with Crippen molar-refractivity contribution in [2.24, 2.45) is 0 Å². The molecule has 240 valence electrons. The van der Waals surface area contributed by atoms with Crippen LogP contribution in [-0.2, 0) is 0 Å². The molecule has 0 heterocycles. The van der Waals surface area contributed by atoms with Gasteiger partial charge in [-0.3, -0.25) is 0 Å². The summed E-state index contributed by atoms with van der Waals surface area (Å²) in [6, 6.07) is 50.4. The smallest absolute Gasteiger partial charge is 0.00990 e. The average Bonchev–Trinajstić information content (AvgIpc) is 3.18. The molecule has 7 aromatic rings. The summed E-state index contributed by atoms with van der Waals surface area (Å²) >= 11 is 0. The summed E-state index contributed by atoms with van der Waals surface area (Å²) in [5.74, 6) is 0. The lowest BCUT2D eigenvalue weighted by Gasteiger charge is -2.17. The fourth-order valence-corrected chi connectivity index (χ4v) is 6.79. The summed E-state index contributed by atoms with van der Waals surface area (Å²) in [5.41, 5.74) is 11.8. The highest BCUT2D eigenvalue weighted by atomic mass is 14.2. The van der Waals surface area contributed by atoms with Crippen molar-refractivity contribution in [2.75, 3.05) is 0 Å². The van der Waals surface area contributed by atoms with E-state index in [1.54, 1.807) is 0 Å². The first-order chi connectivity index (χ1) is 24.1. The zero-order valence-corrected chi connectivity index (χ0v) is 29.1. The van der Waals surface area contributed by atoms with Gasteiger partial charge in [0.15, 0.2) is 0 Å². The molecular formula is C49H44. The van der Waals surface area contributed by atoms with E-state index in [4.69, 9.17) is 0 Å². The monoisotopic (exact) mass is 632 g/mol. The lowest BCUT2D eigenvalue weighted by atomic mass is 9.87. The van der Waals surface area contributed by atoms with Gasteiger partial charge in [0.2, 0.25) is 0 Å². The molecule has 7 aromatic carbocycles. The van der Waals surface area contributed by atoms with Crippen molar-refractivity contribution in [1.82, 2.24) is 0 Å². The highest BCUT2D eigenvalue weighted by Crippen LogP contribution is 2.37. The molecule has 0 nitrogen and oxygen atoms in total. The molecule has 0 N–H and O–H groups in total. The summed E-state index contributed by atoms with van der Waals surface area (Å²) in [6.07, 6.45) is 7.36. The van der Waals surface area contributed by atoms with E-state index >= 15 is 0 Å². The predicted molar refractivity (Wildman–Crippen MR) is 219 cm³/mol. The molecule has 0 saturated carbocycles. The van der Waals surface area contributed by atoms with Crippen LogP contribution in [0.15, 0.2) is 170 Å². The van der Waals surface area contributed by atoms with Gasteiger partial charge < -0.3 is 0 Å². The first-order valence-corrected chi connectivity index (χ1v) is 17.4. The Morgan fingerprint density at radius 3 is 1.94 bits per heavy atom. The molecule has 0 spiro atoms. The molecule has 0 bridgehead atoms. The van der Waals surface area contributed by atoms with E-state index in [9.17, 15) is 0 Å². The summed E-state index contributed by atoms with van der Waals surface area (Å²) in [4.78, 5) is 0. The van der Waals surface area contributed by atoms with E-state index in [1.165, 1.54) is 71.3 Å². The number of allylic oxidation sites excluding steroid dienone is 5. The van der Waals surface area contributed by atoms with E-state index in [0.29, 0.717) is 0 Å². The normalized spacial score (nSPS) is 11.8. The van der Waals surface area contributed by atoms with Gasteiger partial charge in [-0.25, -0.2) is 0 Å². The minimum absolute atomic E-state index is 0.874. The second-order valence-electron chi connectivity index (χ2n) is 12.1. The van der Waals surface area contributed by atoms with Crippen LogP contribution in [0.3, 0.4) is 0 Å². The number of hydrogen-bond acceptors (Lipinski definition) is 0. The number of rotatable bonds is 8. The van der Waals surface area contributed by atoms with Crippen molar-refractivity contribution >= 4 is 49.5 Å². The third kappa shape index (κ3) is 6.69. The third-order valence-electron chi connectivity index (χ3n) is 9.38. The van der Waals surface area contributed by atoms with Crippen LogP contribution in [0, 0.1) is 0 Å². The Bertz CT molecular complexity index is 2350. The van der Waals surface area contributed by atoms with Crippen molar-refractivity contribution in [3.8, 4) is 22.3 Å². The maximum Gasteiger partial charge on any atom is -0.00990 e. The Kier molecular flexibility index (Phi) is 10.2. The molecule has 49 heavy (non-hydrogen) atoms. The first kappa shape index (κ1) is 33.2. The first-order valence-electron chi connectivity index (χ1n) is 17.4. The minimum atomic E-state index is 0.874. The fourth-order valence-electron chi connectivity index (χ4n) is 6.79. The topological polar surface area (TPSA) is 0 Å². The van der Waals surface area contributed by atoms with Crippen molar-refractivity contribution in [2.45, 2.75) is 34.1 Å². The Morgan fingerprint density at radius 2 is 1.20 bits per heavy atom. The highest BCUT2D eigenvalue weighted by molar-refractivity contribution is 6.02. The van der Waals surface area contributed by atoms with Crippen LogP contribution >= 0.6 is 0 Å². The van der Waals surface area contributed by atoms with Gasteiger partial charge in [0.25, 0.3) is 0 Å². The zero-order chi connectivity index (χ0) is 34.3. The average molecular weight is 633 g/mol. The summed E-state index contributed by atoms with van der Waals surface area (Å²) < 4.78 is 0. The summed E-state index contributed by atoms with van der Waals surface area (Å²) in [6.45, 7) is 17.2. The number of benzene rings is 7. The molecule has 7 rings (SSSR count). The van der Waals surface area contributed by atoms with Gasteiger partial charge in [0.05, 0.1) is 0 Å². The molecule has 0 aliphatic heterocycles. The molecule has 0 saturated heterocycles. The van der Waals surface area contributed by atoms with Crippen LogP contribution in [0.1, 0.15) is 50.8 Å². The van der Waals surface area contributed by atoms with E-state index in [0.717, 1.165) is 23.1 Å². The molecular weight excluding hydrogens is 589 g/mol. The minimum Gasteiger partial charge on any atom is -0.0984 e. The lowest BCUT2D eigenvalue weighted by Crippen LogP contribution is -1.95. The Hall–Kier alpha value is -5.72. The Balaban J connectivity index is 0.00000205. The van der Waals surface area contributed by atoms with Gasteiger partial charge in [0.1, 0.15) is 0 Å². The molecule has 0 amide bonds. The van der Waals surface area contributed by atoms with Crippen LogP contribution in [0.25, 0.3) is 71.8 Å². The Labute approximate surface area is 292 Å². The highest BCUT2D eigenvalue weighted by Gasteiger charge is 2.14. The van der Waals surface area contributed by atoms with Crippen molar-refractivity contribution in [3.63, 3.8) is 0 Å². The van der Waals surface area contributed by atoms with Crippen LogP contribution in [0.4, 0.5) is 0 Å². The second-order valence-corrected chi connectivity index (χ2v) is 12.1. The largest absolute Gasteiger partial charge is 0.0984 e.